The average Bonchev–Trinajstić information content (AvgIpc) is 2.89. The van der Waals surface area contributed by atoms with E-state index in [1.165, 1.54) is 0 Å². The summed E-state index contributed by atoms with van der Waals surface area (Å²) < 4.78 is 10.4. The fourth-order valence-corrected chi connectivity index (χ4v) is 1.38. The van der Waals surface area contributed by atoms with Crippen molar-refractivity contribution >= 4 is 11.9 Å². The third-order valence-electron chi connectivity index (χ3n) is 2.48. The first-order valence-corrected chi connectivity index (χ1v) is 6.18. The van der Waals surface area contributed by atoms with Crippen LogP contribution in [0.2, 0.25) is 0 Å². The van der Waals surface area contributed by atoms with Gasteiger partial charge in [-0.25, -0.2) is 0 Å². The molecule has 1 rings (SSSR count). The number of nitrogens with one attached hydrogen (secondary N) is 2. The highest BCUT2D eigenvalue weighted by Crippen LogP contribution is 2.11. The number of methoxy groups -OCH3 is 1. The van der Waals surface area contributed by atoms with E-state index < -0.39 is 0 Å². The molecule has 1 aromatic heterocycles. The number of likely N-dealkylation sites (N-methyl/N-ethyl adjacent to an activating group) is 2. The second-order valence-corrected chi connectivity index (χ2v) is 3.84. The lowest BCUT2D eigenvalue weighted by Crippen LogP contribution is -2.35. The quantitative estimate of drug-likeness (QED) is 0.578. The predicted molar refractivity (Wildman–Crippen MR) is 69.8 cm³/mol. The van der Waals surface area contributed by atoms with Crippen LogP contribution >= 0.6 is 0 Å². The van der Waals surface area contributed by atoms with Crippen molar-refractivity contribution in [3.05, 3.63) is 5.89 Å². The minimum absolute atomic E-state index is 0.0974. The Balaban J connectivity index is 2.49. The topological polar surface area (TPSA) is 92.5 Å². The van der Waals surface area contributed by atoms with E-state index in [2.05, 4.69) is 20.8 Å². The molecule has 0 spiro atoms. The van der Waals surface area contributed by atoms with E-state index in [-0.39, 0.29) is 12.5 Å². The van der Waals surface area contributed by atoms with Crippen molar-refractivity contribution in [3.63, 3.8) is 0 Å². The fraction of sp³-hybridized carbons (Fsp3) is 0.727. The lowest BCUT2D eigenvalue weighted by molar-refractivity contribution is -0.119. The molecule has 1 aromatic rings. The fourth-order valence-electron chi connectivity index (χ4n) is 1.38. The molecule has 0 saturated heterocycles. The molecule has 0 radical (unpaired) electrons. The molecule has 0 bridgehead atoms. The molecule has 8 heteroatoms. The summed E-state index contributed by atoms with van der Waals surface area (Å²) in [6.45, 7) is 4.55. The van der Waals surface area contributed by atoms with Crippen LogP contribution in [0.1, 0.15) is 12.8 Å². The van der Waals surface area contributed by atoms with Crippen molar-refractivity contribution in [2.45, 2.75) is 13.5 Å². The molecule has 0 saturated carbocycles. The highest BCUT2D eigenvalue weighted by molar-refractivity contribution is 5.80. The third kappa shape index (κ3) is 5.23. The predicted octanol–water partition coefficient (Wildman–Crippen LogP) is -0.622. The molecule has 2 N–H and O–H groups in total. The highest BCUT2D eigenvalue weighted by atomic mass is 16.5. The molecule has 0 aromatic carbocycles. The van der Waals surface area contributed by atoms with Gasteiger partial charge in [-0.2, -0.15) is 0 Å². The van der Waals surface area contributed by atoms with Crippen molar-refractivity contribution in [1.82, 2.24) is 20.8 Å². The molecule has 108 valence electrons. The first kappa shape index (κ1) is 15.4. The van der Waals surface area contributed by atoms with Crippen LogP contribution in [-0.4, -0.2) is 56.5 Å². The molecule has 1 amide bonds. The number of rotatable bonds is 9. The Labute approximate surface area is 112 Å². The average molecular weight is 271 g/mol. The van der Waals surface area contributed by atoms with Gasteiger partial charge in [0.1, 0.15) is 6.54 Å². The monoisotopic (exact) mass is 271 g/mol. The number of carbonyl (C=O) groups is 1. The summed E-state index contributed by atoms with van der Waals surface area (Å²) in [6.07, 6.45) is 0. The molecular weight excluding hydrogens is 250 g/mol. The molecule has 19 heavy (non-hydrogen) atoms. The van der Waals surface area contributed by atoms with Gasteiger partial charge in [0.25, 0.3) is 0 Å². The number of nitrogens with zero attached hydrogens (tertiary/aromatic N) is 3. The minimum Gasteiger partial charge on any atom is -0.407 e. The summed E-state index contributed by atoms with van der Waals surface area (Å²) in [5.74, 6) is 0.390. The highest BCUT2D eigenvalue weighted by Gasteiger charge is 2.15. The summed E-state index contributed by atoms with van der Waals surface area (Å²) in [6, 6.07) is 0.356. The second kappa shape index (κ2) is 8.44. The van der Waals surface area contributed by atoms with Gasteiger partial charge in [0.15, 0.2) is 0 Å². The van der Waals surface area contributed by atoms with Crippen molar-refractivity contribution in [2.75, 3.05) is 45.3 Å². The smallest absolute Gasteiger partial charge is 0.318 e. The van der Waals surface area contributed by atoms with E-state index in [0.717, 1.165) is 0 Å². The largest absolute Gasteiger partial charge is 0.407 e. The molecule has 0 aliphatic rings. The van der Waals surface area contributed by atoms with Gasteiger partial charge in [-0.15, -0.1) is 5.10 Å². The van der Waals surface area contributed by atoms with E-state index in [1.54, 1.807) is 19.1 Å². The van der Waals surface area contributed by atoms with Crippen LogP contribution in [0.15, 0.2) is 4.42 Å². The summed E-state index contributed by atoms with van der Waals surface area (Å²) in [5, 5.41) is 13.5. The molecule has 8 nitrogen and oxygen atoms in total. The van der Waals surface area contributed by atoms with Crippen LogP contribution in [0.4, 0.5) is 6.01 Å². The first-order valence-electron chi connectivity index (χ1n) is 6.18. The summed E-state index contributed by atoms with van der Waals surface area (Å²) in [5.41, 5.74) is 0. The van der Waals surface area contributed by atoms with Crippen LogP contribution < -0.4 is 15.5 Å². The molecule has 0 aliphatic heterocycles. The van der Waals surface area contributed by atoms with E-state index in [1.807, 2.05) is 6.92 Å². The Morgan fingerprint density at radius 2 is 2.26 bits per heavy atom. The SMILES string of the molecule is CCN(CC(=O)NC)c1nnc(CNCCOC)o1. The minimum atomic E-state index is -0.0974. The molecule has 0 atom stereocenters. The Bertz CT molecular complexity index is 382. The van der Waals surface area contributed by atoms with Gasteiger partial charge in [-0.3, -0.25) is 4.79 Å². The van der Waals surface area contributed by atoms with E-state index >= 15 is 0 Å². The van der Waals surface area contributed by atoms with Gasteiger partial charge in [0.05, 0.1) is 13.2 Å². The maximum atomic E-state index is 11.3. The zero-order valence-corrected chi connectivity index (χ0v) is 11.6. The number of anilines is 1. The number of hydrogen-bond acceptors (Lipinski definition) is 7. The van der Waals surface area contributed by atoms with Crippen molar-refractivity contribution < 1.29 is 13.9 Å². The Kier molecular flexibility index (Phi) is 6.83. The van der Waals surface area contributed by atoms with E-state index in [9.17, 15) is 4.79 Å². The van der Waals surface area contributed by atoms with Crippen LogP contribution in [0.25, 0.3) is 0 Å². The second-order valence-electron chi connectivity index (χ2n) is 3.84. The van der Waals surface area contributed by atoms with Crippen LogP contribution in [-0.2, 0) is 16.1 Å². The molecule has 1 heterocycles. The lowest BCUT2D eigenvalue weighted by atomic mass is 10.5. The van der Waals surface area contributed by atoms with Gasteiger partial charge in [0.2, 0.25) is 11.8 Å². The number of aromatic nitrogens is 2. The molecular formula is C11H21N5O3. The van der Waals surface area contributed by atoms with E-state index in [4.69, 9.17) is 9.15 Å². The summed E-state index contributed by atoms with van der Waals surface area (Å²) >= 11 is 0. The summed E-state index contributed by atoms with van der Waals surface area (Å²) in [7, 11) is 3.24. The first-order chi connectivity index (χ1) is 9.21. The number of hydrogen-bond donors (Lipinski definition) is 2. The van der Waals surface area contributed by atoms with Crippen LogP contribution in [0, 0.1) is 0 Å². The maximum Gasteiger partial charge on any atom is 0.318 e. The van der Waals surface area contributed by atoms with Crippen LogP contribution in [0.5, 0.6) is 0 Å². The Hall–Kier alpha value is -1.67. The van der Waals surface area contributed by atoms with Crippen molar-refractivity contribution in [2.24, 2.45) is 0 Å². The summed E-state index contributed by atoms with van der Waals surface area (Å²) in [4.78, 5) is 13.0. The van der Waals surface area contributed by atoms with Gasteiger partial charge in [0, 0.05) is 27.2 Å². The van der Waals surface area contributed by atoms with Crippen molar-refractivity contribution in [3.8, 4) is 0 Å². The number of ether oxygens (including phenoxy) is 1. The zero-order valence-electron chi connectivity index (χ0n) is 11.6. The normalized spacial score (nSPS) is 10.5. The third-order valence-corrected chi connectivity index (χ3v) is 2.48. The molecule has 0 aliphatic carbocycles. The number of carbonyl (C=O) groups excluding carboxylic acids is 1. The Morgan fingerprint density at radius 3 is 2.89 bits per heavy atom. The number of amides is 1. The van der Waals surface area contributed by atoms with Gasteiger partial charge in [-0.05, 0) is 6.92 Å². The van der Waals surface area contributed by atoms with Gasteiger partial charge >= 0.3 is 6.01 Å². The zero-order chi connectivity index (χ0) is 14.1. The van der Waals surface area contributed by atoms with Crippen LogP contribution in [0.3, 0.4) is 0 Å². The van der Waals surface area contributed by atoms with E-state index in [0.29, 0.717) is 38.1 Å². The standard InChI is InChI=1S/C11H21N5O3/c1-4-16(8-9(17)12-2)11-15-14-10(19-11)7-13-5-6-18-3/h13H,4-8H2,1-3H3,(H,12,17). The van der Waals surface area contributed by atoms with Gasteiger partial charge in [-0.1, -0.05) is 5.10 Å². The molecule has 0 unspecified atom stereocenters. The maximum absolute atomic E-state index is 11.3. The molecule has 0 fully saturated rings. The Morgan fingerprint density at radius 1 is 1.47 bits per heavy atom. The van der Waals surface area contributed by atoms with Crippen molar-refractivity contribution in [1.29, 1.82) is 0 Å². The van der Waals surface area contributed by atoms with Gasteiger partial charge < -0.3 is 24.7 Å². The lowest BCUT2D eigenvalue weighted by Gasteiger charge is -2.16.